The van der Waals surface area contributed by atoms with Crippen LogP contribution < -0.4 is 0 Å². The maximum absolute atomic E-state index is 12.6. The predicted molar refractivity (Wildman–Crippen MR) is 85.7 cm³/mol. The van der Waals surface area contributed by atoms with Gasteiger partial charge in [-0.1, -0.05) is 6.07 Å². The van der Waals surface area contributed by atoms with Crippen LogP contribution in [0.1, 0.15) is 39.0 Å². The van der Waals surface area contributed by atoms with Gasteiger partial charge >= 0.3 is 5.97 Å². The predicted octanol–water partition coefficient (Wildman–Crippen LogP) is 1.50. The Morgan fingerprint density at radius 2 is 2.17 bits per heavy atom. The van der Waals surface area contributed by atoms with Crippen molar-refractivity contribution in [3.8, 4) is 5.75 Å². The number of ether oxygens (including phenoxy) is 1. The minimum absolute atomic E-state index is 0.0483. The highest BCUT2D eigenvalue weighted by atomic mass is 16.5. The highest BCUT2D eigenvalue weighted by Crippen LogP contribution is 2.24. The van der Waals surface area contributed by atoms with Gasteiger partial charge in [-0.3, -0.25) is 9.48 Å². The minimum atomic E-state index is -0.430. The monoisotopic (exact) mass is 329 g/mol. The number of esters is 1. The Kier molecular flexibility index (Phi) is 4.24. The molecule has 0 radical (unpaired) electrons. The molecular formula is C17H19N3O4. The fourth-order valence-corrected chi connectivity index (χ4v) is 2.95. The van der Waals surface area contributed by atoms with Crippen molar-refractivity contribution in [2.24, 2.45) is 7.05 Å². The van der Waals surface area contributed by atoms with Crippen LogP contribution in [-0.2, 0) is 24.8 Å². The molecule has 0 unspecified atom stereocenters. The molecule has 1 N–H and O–H groups in total. The van der Waals surface area contributed by atoms with E-state index in [4.69, 9.17) is 4.74 Å². The van der Waals surface area contributed by atoms with Gasteiger partial charge in [0.2, 0.25) is 0 Å². The smallest absolute Gasteiger partial charge is 0.356 e. The van der Waals surface area contributed by atoms with Crippen molar-refractivity contribution >= 4 is 11.9 Å². The van der Waals surface area contributed by atoms with Gasteiger partial charge < -0.3 is 14.7 Å². The first kappa shape index (κ1) is 16.0. The van der Waals surface area contributed by atoms with Crippen LogP contribution in [0.15, 0.2) is 24.3 Å². The van der Waals surface area contributed by atoms with Crippen LogP contribution in [0, 0.1) is 0 Å². The van der Waals surface area contributed by atoms with Crippen LogP contribution in [0.5, 0.6) is 5.75 Å². The number of phenols is 1. The molecule has 0 spiro atoms. The SMILES string of the molecule is CCOC(=O)c1c2c(nn1C)CCN(C(=O)c1cccc(O)c1)C2. The molecule has 3 rings (SSSR count). The van der Waals surface area contributed by atoms with E-state index in [0.29, 0.717) is 30.8 Å². The number of carbonyl (C=O) groups is 2. The number of aryl methyl sites for hydroxylation is 1. The van der Waals surface area contributed by atoms with Gasteiger partial charge in [0, 0.05) is 31.1 Å². The Morgan fingerprint density at radius 1 is 1.38 bits per heavy atom. The summed E-state index contributed by atoms with van der Waals surface area (Å²) in [6.07, 6.45) is 0.577. The number of rotatable bonds is 3. The van der Waals surface area contributed by atoms with E-state index in [-0.39, 0.29) is 18.3 Å². The lowest BCUT2D eigenvalue weighted by Gasteiger charge is -2.27. The molecule has 1 aromatic heterocycles. The van der Waals surface area contributed by atoms with Crippen molar-refractivity contribution in [1.82, 2.24) is 14.7 Å². The zero-order valence-corrected chi connectivity index (χ0v) is 13.7. The van der Waals surface area contributed by atoms with Gasteiger partial charge in [0.1, 0.15) is 5.75 Å². The van der Waals surface area contributed by atoms with Crippen molar-refractivity contribution in [3.63, 3.8) is 0 Å². The molecule has 0 bridgehead atoms. The fourth-order valence-electron chi connectivity index (χ4n) is 2.95. The quantitative estimate of drug-likeness (QED) is 0.863. The van der Waals surface area contributed by atoms with Crippen LogP contribution in [-0.4, -0.2) is 44.8 Å². The number of aromatic nitrogens is 2. The summed E-state index contributed by atoms with van der Waals surface area (Å²) in [5, 5.41) is 13.9. The molecule has 2 aromatic rings. The molecule has 0 saturated heterocycles. The summed E-state index contributed by atoms with van der Waals surface area (Å²) in [5.74, 6) is -0.567. The lowest BCUT2D eigenvalue weighted by atomic mass is 10.0. The molecule has 0 saturated carbocycles. The van der Waals surface area contributed by atoms with Crippen LogP contribution in [0.3, 0.4) is 0 Å². The lowest BCUT2D eigenvalue weighted by molar-refractivity contribution is 0.0508. The number of aromatic hydroxyl groups is 1. The molecule has 0 atom stereocenters. The minimum Gasteiger partial charge on any atom is -0.508 e. The second-order valence-electron chi connectivity index (χ2n) is 5.64. The molecule has 126 valence electrons. The largest absolute Gasteiger partial charge is 0.508 e. The summed E-state index contributed by atoms with van der Waals surface area (Å²) >= 11 is 0. The number of benzene rings is 1. The molecule has 24 heavy (non-hydrogen) atoms. The van der Waals surface area contributed by atoms with Gasteiger partial charge in [-0.25, -0.2) is 4.79 Å². The van der Waals surface area contributed by atoms with Gasteiger partial charge in [-0.05, 0) is 25.1 Å². The number of nitrogens with zero attached hydrogens (tertiary/aromatic N) is 3. The van der Waals surface area contributed by atoms with E-state index >= 15 is 0 Å². The van der Waals surface area contributed by atoms with Gasteiger partial charge in [-0.2, -0.15) is 5.10 Å². The topological polar surface area (TPSA) is 84.7 Å². The van der Waals surface area contributed by atoms with E-state index in [1.165, 1.54) is 16.8 Å². The number of hydrogen-bond donors (Lipinski definition) is 1. The molecule has 1 amide bonds. The summed E-state index contributed by atoms with van der Waals surface area (Å²) in [7, 11) is 1.70. The third-order valence-electron chi connectivity index (χ3n) is 4.05. The third-order valence-corrected chi connectivity index (χ3v) is 4.05. The number of carbonyl (C=O) groups excluding carboxylic acids is 2. The number of fused-ring (bicyclic) bond motifs is 1. The van der Waals surface area contributed by atoms with Gasteiger partial charge in [0.25, 0.3) is 5.91 Å². The van der Waals surface area contributed by atoms with E-state index in [1.807, 2.05) is 0 Å². The first-order chi connectivity index (χ1) is 11.5. The zero-order chi connectivity index (χ0) is 17.3. The van der Waals surface area contributed by atoms with Gasteiger partial charge in [0.15, 0.2) is 5.69 Å². The van der Waals surface area contributed by atoms with Crippen LogP contribution in [0.4, 0.5) is 0 Å². The van der Waals surface area contributed by atoms with Crippen LogP contribution in [0.2, 0.25) is 0 Å². The van der Waals surface area contributed by atoms with Gasteiger partial charge in [-0.15, -0.1) is 0 Å². The standard InChI is InChI=1S/C17H19N3O4/c1-3-24-17(23)15-13-10-20(8-7-14(13)18-19(15)2)16(22)11-5-4-6-12(21)9-11/h4-6,9,21H,3,7-8,10H2,1-2H3. The normalized spacial score (nSPS) is 13.5. The molecule has 0 fully saturated rings. The Labute approximate surface area is 139 Å². The van der Waals surface area contributed by atoms with E-state index < -0.39 is 5.97 Å². The molecule has 1 aliphatic rings. The van der Waals surface area contributed by atoms with Crippen LogP contribution in [0.25, 0.3) is 0 Å². The summed E-state index contributed by atoms with van der Waals surface area (Å²) < 4.78 is 6.61. The second-order valence-corrected chi connectivity index (χ2v) is 5.64. The van der Waals surface area contributed by atoms with Crippen molar-refractivity contribution in [2.45, 2.75) is 19.9 Å². The highest BCUT2D eigenvalue weighted by molar-refractivity contribution is 5.95. The maximum Gasteiger partial charge on any atom is 0.356 e. The summed E-state index contributed by atoms with van der Waals surface area (Å²) in [6.45, 7) is 2.84. The average Bonchev–Trinajstić information content (AvgIpc) is 2.89. The summed E-state index contributed by atoms with van der Waals surface area (Å²) in [6, 6.07) is 6.25. The maximum atomic E-state index is 12.6. The van der Waals surface area contributed by atoms with Gasteiger partial charge in [0.05, 0.1) is 18.8 Å². The molecule has 1 aliphatic heterocycles. The number of phenolic OH excluding ortho intramolecular Hbond substituents is 1. The molecule has 2 heterocycles. The molecular weight excluding hydrogens is 310 g/mol. The lowest BCUT2D eigenvalue weighted by Crippen LogP contribution is -2.36. The van der Waals surface area contributed by atoms with Crippen LogP contribution >= 0.6 is 0 Å². The van der Waals surface area contributed by atoms with E-state index in [1.54, 1.807) is 31.0 Å². The second kappa shape index (κ2) is 6.35. The first-order valence-electron chi connectivity index (χ1n) is 7.81. The first-order valence-corrected chi connectivity index (χ1v) is 7.81. The van der Waals surface area contributed by atoms with E-state index in [9.17, 15) is 14.7 Å². The molecule has 1 aromatic carbocycles. The average molecular weight is 329 g/mol. The zero-order valence-electron chi connectivity index (χ0n) is 13.7. The van der Waals surface area contributed by atoms with Crippen molar-refractivity contribution < 1.29 is 19.4 Å². The summed E-state index contributed by atoms with van der Waals surface area (Å²) in [4.78, 5) is 26.5. The fraction of sp³-hybridized carbons (Fsp3) is 0.353. The van der Waals surface area contributed by atoms with E-state index in [2.05, 4.69) is 5.10 Å². The van der Waals surface area contributed by atoms with Crippen molar-refractivity contribution in [1.29, 1.82) is 0 Å². The Morgan fingerprint density at radius 3 is 2.88 bits per heavy atom. The third kappa shape index (κ3) is 2.84. The molecule has 7 nitrogen and oxygen atoms in total. The number of hydrogen-bond acceptors (Lipinski definition) is 5. The van der Waals surface area contributed by atoms with Crippen molar-refractivity contribution in [3.05, 3.63) is 46.8 Å². The number of amides is 1. The Bertz CT molecular complexity index is 797. The molecule has 0 aliphatic carbocycles. The summed E-state index contributed by atoms with van der Waals surface area (Å²) in [5.41, 5.74) is 2.36. The Balaban J connectivity index is 1.88. The van der Waals surface area contributed by atoms with E-state index in [0.717, 1.165) is 11.3 Å². The highest BCUT2D eigenvalue weighted by Gasteiger charge is 2.30. The van der Waals surface area contributed by atoms with Crippen molar-refractivity contribution in [2.75, 3.05) is 13.2 Å². The Hall–Kier alpha value is -2.83. The molecule has 7 heteroatoms.